The summed E-state index contributed by atoms with van der Waals surface area (Å²) in [5.41, 5.74) is 2.53. The molecule has 0 bridgehead atoms. The van der Waals surface area contributed by atoms with Crippen LogP contribution in [0.2, 0.25) is 5.02 Å². The van der Waals surface area contributed by atoms with Gasteiger partial charge in [0.2, 0.25) is 11.8 Å². The molecule has 3 N–H and O–H groups in total. The molecule has 0 saturated heterocycles. The van der Waals surface area contributed by atoms with Gasteiger partial charge in [0.15, 0.2) is 0 Å². The largest absolute Gasteiger partial charge is 0.345 e. The van der Waals surface area contributed by atoms with Gasteiger partial charge in [0.05, 0.1) is 30.2 Å². The van der Waals surface area contributed by atoms with Crippen LogP contribution in [-0.4, -0.2) is 40.6 Å². The molecule has 1 aromatic carbocycles. The SMILES string of the molecule is Cc1nn(C)c(C)c1NC(=O)CNC(=O)CNC(=O)c1ccc(Cl)cc1. The molecule has 0 fully saturated rings. The van der Waals surface area contributed by atoms with E-state index in [0.29, 0.717) is 22.0 Å². The van der Waals surface area contributed by atoms with Crippen molar-refractivity contribution in [2.24, 2.45) is 7.05 Å². The van der Waals surface area contributed by atoms with Gasteiger partial charge in [-0.25, -0.2) is 0 Å². The lowest BCUT2D eigenvalue weighted by Gasteiger charge is -2.08. The quantitative estimate of drug-likeness (QED) is 0.702. The number of carbonyl (C=O) groups excluding carboxylic acids is 3. The van der Waals surface area contributed by atoms with Crippen LogP contribution in [0, 0.1) is 13.8 Å². The summed E-state index contributed by atoms with van der Waals surface area (Å²) in [6.07, 6.45) is 0. The Morgan fingerprint density at radius 3 is 2.23 bits per heavy atom. The zero-order valence-corrected chi connectivity index (χ0v) is 15.5. The molecule has 0 aliphatic rings. The van der Waals surface area contributed by atoms with Crippen LogP contribution in [0.5, 0.6) is 0 Å². The molecule has 138 valence electrons. The van der Waals surface area contributed by atoms with Crippen molar-refractivity contribution in [1.29, 1.82) is 0 Å². The van der Waals surface area contributed by atoms with Crippen LogP contribution in [0.4, 0.5) is 5.69 Å². The van der Waals surface area contributed by atoms with Crippen LogP contribution in [0.1, 0.15) is 21.7 Å². The summed E-state index contributed by atoms with van der Waals surface area (Å²) in [5, 5.41) is 12.4. The van der Waals surface area contributed by atoms with Gasteiger partial charge in [-0.3, -0.25) is 19.1 Å². The van der Waals surface area contributed by atoms with Crippen LogP contribution in [0.25, 0.3) is 0 Å². The average molecular weight is 378 g/mol. The third-order valence-electron chi connectivity index (χ3n) is 3.74. The first kappa shape index (κ1) is 19.5. The highest BCUT2D eigenvalue weighted by Gasteiger charge is 2.13. The van der Waals surface area contributed by atoms with E-state index in [1.165, 1.54) is 0 Å². The summed E-state index contributed by atoms with van der Waals surface area (Å²) in [5.74, 6) is -1.24. The molecule has 9 heteroatoms. The second-order valence-corrected chi connectivity index (χ2v) is 6.12. The summed E-state index contributed by atoms with van der Waals surface area (Å²) in [6, 6.07) is 6.29. The van der Waals surface area contributed by atoms with Crippen molar-refractivity contribution in [2.75, 3.05) is 18.4 Å². The number of aryl methyl sites for hydroxylation is 2. The van der Waals surface area contributed by atoms with Crippen molar-refractivity contribution >= 4 is 35.0 Å². The smallest absolute Gasteiger partial charge is 0.251 e. The Morgan fingerprint density at radius 2 is 1.65 bits per heavy atom. The van der Waals surface area contributed by atoms with Gasteiger partial charge in [0.1, 0.15) is 0 Å². The fraction of sp³-hybridized carbons (Fsp3) is 0.294. The van der Waals surface area contributed by atoms with Gasteiger partial charge >= 0.3 is 0 Å². The third kappa shape index (κ3) is 5.06. The van der Waals surface area contributed by atoms with Gasteiger partial charge in [-0.1, -0.05) is 11.6 Å². The number of anilines is 1. The Labute approximate surface area is 155 Å². The monoisotopic (exact) mass is 377 g/mol. The number of halogens is 1. The van der Waals surface area contributed by atoms with Gasteiger partial charge in [-0.05, 0) is 38.1 Å². The topological polar surface area (TPSA) is 105 Å². The van der Waals surface area contributed by atoms with Crippen molar-refractivity contribution < 1.29 is 14.4 Å². The Balaban J connectivity index is 1.76. The zero-order chi connectivity index (χ0) is 19.3. The highest BCUT2D eigenvalue weighted by molar-refractivity contribution is 6.30. The molecule has 26 heavy (non-hydrogen) atoms. The fourth-order valence-electron chi connectivity index (χ4n) is 2.24. The van der Waals surface area contributed by atoms with E-state index in [2.05, 4.69) is 21.0 Å². The summed E-state index contributed by atoms with van der Waals surface area (Å²) >= 11 is 5.75. The molecule has 0 radical (unpaired) electrons. The third-order valence-corrected chi connectivity index (χ3v) is 3.99. The highest BCUT2D eigenvalue weighted by Crippen LogP contribution is 2.17. The lowest BCUT2D eigenvalue weighted by atomic mass is 10.2. The number of carbonyl (C=O) groups is 3. The van der Waals surface area contributed by atoms with Crippen LogP contribution < -0.4 is 16.0 Å². The van der Waals surface area contributed by atoms with E-state index in [-0.39, 0.29) is 19.0 Å². The zero-order valence-electron chi connectivity index (χ0n) is 14.7. The maximum atomic E-state index is 12.0. The minimum absolute atomic E-state index is 0.205. The molecule has 2 aromatic rings. The van der Waals surface area contributed by atoms with E-state index in [1.807, 2.05) is 6.92 Å². The summed E-state index contributed by atoms with van der Waals surface area (Å²) in [6.45, 7) is 3.18. The molecule has 1 aromatic heterocycles. The molecule has 0 aliphatic heterocycles. The van der Waals surface area contributed by atoms with Gasteiger partial charge in [-0.15, -0.1) is 0 Å². The second-order valence-electron chi connectivity index (χ2n) is 5.68. The first-order valence-corrected chi connectivity index (χ1v) is 8.26. The van der Waals surface area contributed by atoms with Gasteiger partial charge in [0.25, 0.3) is 5.91 Å². The minimum atomic E-state index is -0.470. The predicted molar refractivity (Wildman–Crippen MR) is 98.1 cm³/mol. The Bertz CT molecular complexity index is 830. The van der Waals surface area contributed by atoms with Gasteiger partial charge < -0.3 is 16.0 Å². The number of hydrogen-bond donors (Lipinski definition) is 3. The van der Waals surface area contributed by atoms with E-state index in [1.54, 1.807) is 42.9 Å². The Morgan fingerprint density at radius 1 is 1.04 bits per heavy atom. The molecule has 1 heterocycles. The Hall–Kier alpha value is -2.87. The molecule has 0 spiro atoms. The number of aromatic nitrogens is 2. The number of benzene rings is 1. The van der Waals surface area contributed by atoms with E-state index >= 15 is 0 Å². The molecule has 2 rings (SSSR count). The van der Waals surface area contributed by atoms with Crippen molar-refractivity contribution in [3.63, 3.8) is 0 Å². The fourth-order valence-corrected chi connectivity index (χ4v) is 2.37. The lowest BCUT2D eigenvalue weighted by Crippen LogP contribution is -2.40. The van der Waals surface area contributed by atoms with Gasteiger partial charge in [0, 0.05) is 17.6 Å². The minimum Gasteiger partial charge on any atom is -0.345 e. The maximum absolute atomic E-state index is 12.0. The molecule has 0 unspecified atom stereocenters. The number of rotatable bonds is 6. The van der Waals surface area contributed by atoms with Crippen molar-refractivity contribution in [3.8, 4) is 0 Å². The molecular formula is C17H20ClN5O3. The molecule has 0 aliphatic carbocycles. The number of amides is 3. The van der Waals surface area contributed by atoms with Crippen LogP contribution in [0.3, 0.4) is 0 Å². The van der Waals surface area contributed by atoms with Gasteiger partial charge in [-0.2, -0.15) is 5.10 Å². The number of hydrogen-bond acceptors (Lipinski definition) is 4. The van der Waals surface area contributed by atoms with E-state index in [4.69, 9.17) is 11.6 Å². The van der Waals surface area contributed by atoms with Crippen LogP contribution >= 0.6 is 11.6 Å². The average Bonchev–Trinajstić information content (AvgIpc) is 2.84. The second kappa shape index (κ2) is 8.48. The highest BCUT2D eigenvalue weighted by atomic mass is 35.5. The van der Waals surface area contributed by atoms with E-state index in [9.17, 15) is 14.4 Å². The molecule has 3 amide bonds. The number of nitrogens with zero attached hydrogens (tertiary/aromatic N) is 2. The van der Waals surface area contributed by atoms with Crippen molar-refractivity contribution in [3.05, 3.63) is 46.2 Å². The molecule has 0 atom stereocenters. The maximum Gasteiger partial charge on any atom is 0.251 e. The van der Waals surface area contributed by atoms with Crippen LogP contribution in [-0.2, 0) is 16.6 Å². The summed E-state index contributed by atoms with van der Waals surface area (Å²) in [4.78, 5) is 35.6. The lowest BCUT2D eigenvalue weighted by molar-refractivity contribution is -0.123. The summed E-state index contributed by atoms with van der Waals surface area (Å²) in [7, 11) is 1.78. The predicted octanol–water partition coefficient (Wildman–Crippen LogP) is 1.18. The molecule has 8 nitrogen and oxygen atoms in total. The molecular weight excluding hydrogens is 358 g/mol. The Kier molecular flexibility index (Phi) is 6.35. The van der Waals surface area contributed by atoms with E-state index < -0.39 is 11.8 Å². The first-order chi connectivity index (χ1) is 12.3. The van der Waals surface area contributed by atoms with Crippen molar-refractivity contribution in [1.82, 2.24) is 20.4 Å². The molecule has 0 saturated carbocycles. The summed E-state index contributed by atoms with van der Waals surface area (Å²) < 4.78 is 1.66. The van der Waals surface area contributed by atoms with E-state index in [0.717, 1.165) is 5.69 Å². The normalized spacial score (nSPS) is 10.3. The standard InChI is InChI=1S/C17H20ClN5O3/c1-10-16(11(2)23(3)22-10)21-15(25)9-19-14(24)8-20-17(26)12-4-6-13(18)7-5-12/h4-7H,8-9H2,1-3H3,(H,19,24)(H,20,26)(H,21,25). The number of nitrogens with one attached hydrogen (secondary N) is 3. The first-order valence-electron chi connectivity index (χ1n) is 7.88. The van der Waals surface area contributed by atoms with Crippen LogP contribution in [0.15, 0.2) is 24.3 Å². The van der Waals surface area contributed by atoms with Crippen molar-refractivity contribution in [2.45, 2.75) is 13.8 Å².